The number of nitro benzene ring substituents is 1. The molecular weight excluding hydrogens is 350 g/mol. The predicted molar refractivity (Wildman–Crippen MR) is 98.6 cm³/mol. The van der Waals surface area contributed by atoms with Crippen LogP contribution in [0.25, 0.3) is 10.9 Å². The van der Waals surface area contributed by atoms with Crippen LogP contribution in [0.5, 0.6) is 0 Å². The average molecular weight is 367 g/mol. The van der Waals surface area contributed by atoms with E-state index in [4.69, 9.17) is 0 Å². The van der Waals surface area contributed by atoms with Gasteiger partial charge in [0, 0.05) is 39.9 Å². The van der Waals surface area contributed by atoms with Gasteiger partial charge in [-0.05, 0) is 26.0 Å². The van der Waals surface area contributed by atoms with Crippen LogP contribution in [0.2, 0.25) is 0 Å². The number of benzene rings is 2. The molecule has 0 fully saturated rings. The molecular formula is C19H17N3O5. The van der Waals surface area contributed by atoms with E-state index in [2.05, 4.69) is 10.3 Å². The van der Waals surface area contributed by atoms with Gasteiger partial charge < -0.3 is 15.4 Å². The van der Waals surface area contributed by atoms with Crippen LogP contribution in [0.1, 0.15) is 28.4 Å². The van der Waals surface area contributed by atoms with Crippen LogP contribution >= 0.6 is 0 Å². The molecule has 8 nitrogen and oxygen atoms in total. The predicted octanol–water partition coefficient (Wildman–Crippen LogP) is 3.11. The number of hydrogen-bond acceptors (Lipinski definition) is 4. The minimum atomic E-state index is -1.73. The highest BCUT2D eigenvalue weighted by Crippen LogP contribution is 2.30. The number of aromatic nitrogens is 1. The van der Waals surface area contributed by atoms with Gasteiger partial charge in [0.25, 0.3) is 11.6 Å². The van der Waals surface area contributed by atoms with Crippen molar-refractivity contribution in [1.29, 1.82) is 0 Å². The van der Waals surface area contributed by atoms with Gasteiger partial charge in [0.15, 0.2) is 5.54 Å². The summed E-state index contributed by atoms with van der Waals surface area (Å²) in [4.78, 5) is 38.2. The van der Waals surface area contributed by atoms with E-state index in [-0.39, 0.29) is 11.3 Å². The lowest BCUT2D eigenvalue weighted by Crippen LogP contribution is -2.49. The Morgan fingerprint density at radius 1 is 1.22 bits per heavy atom. The van der Waals surface area contributed by atoms with E-state index in [1.165, 1.54) is 25.3 Å². The van der Waals surface area contributed by atoms with Gasteiger partial charge in [0.05, 0.1) is 4.92 Å². The fraction of sp³-hybridized carbons (Fsp3) is 0.158. The van der Waals surface area contributed by atoms with Crippen molar-refractivity contribution in [2.45, 2.75) is 19.4 Å². The summed E-state index contributed by atoms with van der Waals surface area (Å²) in [6.07, 6.45) is 1.54. The number of carboxylic acids is 1. The number of carbonyl (C=O) groups is 2. The van der Waals surface area contributed by atoms with Gasteiger partial charge in [-0.2, -0.15) is 0 Å². The van der Waals surface area contributed by atoms with Gasteiger partial charge in [-0.3, -0.25) is 14.9 Å². The Labute approximate surface area is 154 Å². The molecule has 0 radical (unpaired) electrons. The number of aryl methyl sites for hydroxylation is 1. The van der Waals surface area contributed by atoms with Crippen molar-refractivity contribution in [3.05, 3.63) is 75.5 Å². The van der Waals surface area contributed by atoms with Crippen LogP contribution in [0, 0.1) is 17.0 Å². The monoisotopic (exact) mass is 367 g/mol. The molecule has 1 amide bonds. The van der Waals surface area contributed by atoms with E-state index in [1.807, 2.05) is 6.07 Å². The van der Waals surface area contributed by atoms with Crippen molar-refractivity contribution in [1.82, 2.24) is 10.3 Å². The summed E-state index contributed by atoms with van der Waals surface area (Å²) in [5.74, 6) is -1.96. The zero-order valence-electron chi connectivity index (χ0n) is 14.6. The first-order valence-electron chi connectivity index (χ1n) is 8.11. The summed E-state index contributed by atoms with van der Waals surface area (Å²) < 4.78 is 0. The highest BCUT2D eigenvalue weighted by atomic mass is 16.6. The zero-order valence-corrected chi connectivity index (χ0v) is 14.6. The minimum absolute atomic E-state index is 0.0135. The van der Waals surface area contributed by atoms with E-state index in [0.717, 1.165) is 11.6 Å². The van der Waals surface area contributed by atoms with Crippen molar-refractivity contribution in [2.24, 2.45) is 0 Å². The molecule has 0 bridgehead atoms. The molecule has 0 aliphatic heterocycles. The van der Waals surface area contributed by atoms with Gasteiger partial charge in [0.1, 0.15) is 0 Å². The Morgan fingerprint density at radius 2 is 1.93 bits per heavy atom. The number of nitrogens with zero attached hydrogens (tertiary/aromatic N) is 1. The number of carbonyl (C=O) groups excluding carboxylic acids is 1. The van der Waals surface area contributed by atoms with Crippen molar-refractivity contribution in [2.75, 3.05) is 0 Å². The number of amides is 1. The first-order valence-corrected chi connectivity index (χ1v) is 8.11. The van der Waals surface area contributed by atoms with Gasteiger partial charge >= 0.3 is 5.97 Å². The molecule has 3 rings (SSSR count). The van der Waals surface area contributed by atoms with E-state index in [9.17, 15) is 24.8 Å². The molecule has 0 aliphatic rings. The van der Waals surface area contributed by atoms with Gasteiger partial charge in [0.2, 0.25) is 0 Å². The molecule has 1 heterocycles. The molecule has 8 heteroatoms. The number of rotatable bonds is 5. The molecule has 1 aromatic heterocycles. The Balaban J connectivity index is 2.02. The van der Waals surface area contributed by atoms with Crippen LogP contribution < -0.4 is 5.32 Å². The molecule has 0 spiro atoms. The van der Waals surface area contributed by atoms with Crippen molar-refractivity contribution < 1.29 is 19.6 Å². The molecule has 3 aromatic rings. The Morgan fingerprint density at radius 3 is 2.59 bits per heavy atom. The molecule has 2 aromatic carbocycles. The van der Waals surface area contributed by atoms with Gasteiger partial charge in [-0.15, -0.1) is 0 Å². The Kier molecular flexibility index (Phi) is 4.40. The summed E-state index contributed by atoms with van der Waals surface area (Å²) in [5, 5.41) is 24.1. The fourth-order valence-corrected chi connectivity index (χ4v) is 2.97. The molecule has 0 saturated heterocycles. The van der Waals surface area contributed by atoms with Crippen LogP contribution in [0.4, 0.5) is 5.69 Å². The highest BCUT2D eigenvalue weighted by molar-refractivity contribution is 6.00. The third kappa shape index (κ3) is 3.12. The number of aliphatic carboxylic acids is 1. The number of nitro groups is 1. The lowest BCUT2D eigenvalue weighted by molar-refractivity contribution is -0.385. The van der Waals surface area contributed by atoms with Crippen LogP contribution in [0.3, 0.4) is 0 Å². The number of nitrogens with one attached hydrogen (secondary N) is 2. The average Bonchev–Trinajstić information content (AvgIpc) is 3.06. The lowest BCUT2D eigenvalue weighted by Gasteiger charge is -2.26. The first-order chi connectivity index (χ1) is 12.7. The largest absolute Gasteiger partial charge is 0.479 e. The van der Waals surface area contributed by atoms with Gasteiger partial charge in [-0.25, -0.2) is 4.79 Å². The second-order valence-corrected chi connectivity index (χ2v) is 6.39. The van der Waals surface area contributed by atoms with Crippen LogP contribution in [-0.4, -0.2) is 26.9 Å². The molecule has 1 atom stereocenters. The number of hydrogen-bond donors (Lipinski definition) is 3. The molecule has 138 valence electrons. The van der Waals surface area contributed by atoms with Crippen molar-refractivity contribution in [3.63, 3.8) is 0 Å². The second-order valence-electron chi connectivity index (χ2n) is 6.39. The number of aromatic amines is 1. The first kappa shape index (κ1) is 18.1. The van der Waals surface area contributed by atoms with Crippen LogP contribution in [-0.2, 0) is 10.3 Å². The third-order valence-electron chi connectivity index (χ3n) is 4.59. The SMILES string of the molecule is Cc1ccc(C(=O)NC(C)(C(=O)O)c2c[nH]c3ccccc23)cc1[N+](=O)[O-]. The van der Waals surface area contributed by atoms with E-state index in [1.54, 1.807) is 25.1 Å². The Bertz CT molecular complexity index is 1070. The minimum Gasteiger partial charge on any atom is -0.479 e. The summed E-state index contributed by atoms with van der Waals surface area (Å²) in [6.45, 7) is 2.94. The maximum absolute atomic E-state index is 12.7. The third-order valence-corrected chi connectivity index (χ3v) is 4.59. The highest BCUT2D eigenvalue weighted by Gasteiger charge is 2.39. The number of H-pyrrole nitrogens is 1. The number of para-hydroxylation sites is 1. The maximum Gasteiger partial charge on any atom is 0.333 e. The van der Waals surface area contributed by atoms with Gasteiger partial charge in [-0.1, -0.05) is 24.3 Å². The quantitative estimate of drug-likeness (QED) is 0.472. The van der Waals surface area contributed by atoms with E-state index < -0.39 is 22.3 Å². The van der Waals surface area contributed by atoms with Crippen molar-refractivity contribution in [3.8, 4) is 0 Å². The number of carboxylic acid groups (broad SMARTS) is 1. The molecule has 3 N–H and O–H groups in total. The zero-order chi connectivity index (χ0) is 19.8. The topological polar surface area (TPSA) is 125 Å². The van der Waals surface area contributed by atoms with E-state index in [0.29, 0.717) is 16.5 Å². The molecule has 0 saturated carbocycles. The lowest BCUT2D eigenvalue weighted by atomic mass is 9.91. The smallest absolute Gasteiger partial charge is 0.333 e. The summed E-state index contributed by atoms with van der Waals surface area (Å²) in [5.41, 5.74) is -0.377. The normalized spacial score (nSPS) is 13.1. The van der Waals surface area contributed by atoms with E-state index >= 15 is 0 Å². The Hall–Kier alpha value is -3.68. The maximum atomic E-state index is 12.7. The summed E-state index contributed by atoms with van der Waals surface area (Å²) in [6, 6.07) is 11.2. The standard InChI is InChI=1S/C19H17N3O5/c1-11-7-8-12(9-16(11)22(26)27)17(23)21-19(2,18(24)25)14-10-20-15-6-4-3-5-13(14)15/h3-10,20H,1-2H3,(H,21,23)(H,24,25). The molecule has 0 aliphatic carbocycles. The molecule has 27 heavy (non-hydrogen) atoms. The summed E-state index contributed by atoms with van der Waals surface area (Å²) >= 11 is 0. The molecule has 1 unspecified atom stereocenters. The van der Waals surface area contributed by atoms with Crippen LogP contribution in [0.15, 0.2) is 48.7 Å². The second kappa shape index (κ2) is 6.56. The fourth-order valence-electron chi connectivity index (χ4n) is 2.97. The number of fused-ring (bicyclic) bond motifs is 1. The summed E-state index contributed by atoms with van der Waals surface area (Å²) in [7, 11) is 0. The van der Waals surface area contributed by atoms with Crippen molar-refractivity contribution >= 4 is 28.5 Å².